The van der Waals surface area contributed by atoms with E-state index in [4.69, 9.17) is 16.3 Å². The lowest BCUT2D eigenvalue weighted by Gasteiger charge is -2.22. The van der Waals surface area contributed by atoms with E-state index in [1.54, 1.807) is 13.2 Å². The summed E-state index contributed by atoms with van der Waals surface area (Å²) in [6, 6.07) is 3.55. The van der Waals surface area contributed by atoms with Gasteiger partial charge in [0, 0.05) is 18.0 Å². The monoisotopic (exact) mass is 267 g/mol. The highest BCUT2D eigenvalue weighted by Crippen LogP contribution is 2.29. The molecule has 0 spiro atoms. The molecule has 0 bridgehead atoms. The number of methoxy groups -OCH3 is 1. The van der Waals surface area contributed by atoms with Crippen LogP contribution in [0.25, 0.3) is 0 Å². The molecule has 1 aromatic carbocycles. The lowest BCUT2D eigenvalue weighted by Crippen LogP contribution is -2.34. The molecular weight excluding hydrogens is 250 g/mol. The number of hydrogen-bond acceptors (Lipinski definition) is 3. The number of nitrogens with one attached hydrogen (secondary N) is 1. The first kappa shape index (κ1) is 13.4. The maximum Gasteiger partial charge on any atom is 0.167 e. The minimum atomic E-state index is 0.0712. The molecule has 1 aliphatic heterocycles. The second kappa shape index (κ2) is 5.72. The van der Waals surface area contributed by atoms with Crippen LogP contribution in [-0.2, 0) is 0 Å². The van der Waals surface area contributed by atoms with Crippen molar-refractivity contribution in [2.75, 3.05) is 20.2 Å². The van der Waals surface area contributed by atoms with Gasteiger partial charge in [-0.3, -0.25) is 4.79 Å². The first-order valence-electron chi connectivity index (χ1n) is 6.22. The van der Waals surface area contributed by atoms with Crippen molar-refractivity contribution in [1.29, 1.82) is 0 Å². The molecule has 1 heterocycles. The topological polar surface area (TPSA) is 38.3 Å². The molecule has 1 aromatic rings. The Labute approximate surface area is 112 Å². The van der Waals surface area contributed by atoms with Crippen LogP contribution in [0.5, 0.6) is 5.75 Å². The zero-order valence-corrected chi connectivity index (χ0v) is 11.5. The Morgan fingerprint density at radius 3 is 2.89 bits per heavy atom. The molecule has 1 aliphatic rings. The third kappa shape index (κ3) is 2.68. The predicted molar refractivity (Wildman–Crippen MR) is 72.7 cm³/mol. The van der Waals surface area contributed by atoms with E-state index in [9.17, 15) is 4.79 Å². The highest BCUT2D eigenvalue weighted by Gasteiger charge is 2.24. The van der Waals surface area contributed by atoms with Gasteiger partial charge in [-0.1, -0.05) is 11.6 Å². The van der Waals surface area contributed by atoms with Crippen molar-refractivity contribution in [3.05, 3.63) is 28.3 Å². The molecule has 0 radical (unpaired) electrons. The lowest BCUT2D eigenvalue weighted by molar-refractivity contribution is 0.0899. The Hall–Kier alpha value is -1.06. The number of carbonyl (C=O) groups is 1. The van der Waals surface area contributed by atoms with Crippen molar-refractivity contribution >= 4 is 17.4 Å². The normalized spacial score (nSPS) is 19.6. The number of carbonyl (C=O) groups excluding carboxylic acids is 1. The first-order valence-corrected chi connectivity index (χ1v) is 6.60. The van der Waals surface area contributed by atoms with Crippen LogP contribution >= 0.6 is 11.6 Å². The molecule has 2 rings (SSSR count). The second-order valence-electron chi connectivity index (χ2n) is 4.71. The third-order valence-corrected chi connectivity index (χ3v) is 3.73. The number of rotatable bonds is 3. The Morgan fingerprint density at radius 1 is 1.50 bits per heavy atom. The summed E-state index contributed by atoms with van der Waals surface area (Å²) in [6.45, 7) is 3.69. The smallest absolute Gasteiger partial charge is 0.167 e. The minimum absolute atomic E-state index is 0.0712. The number of ketones is 1. The lowest BCUT2D eigenvalue weighted by atomic mass is 9.89. The minimum Gasteiger partial charge on any atom is -0.495 e. The summed E-state index contributed by atoms with van der Waals surface area (Å²) in [7, 11) is 1.58. The maximum atomic E-state index is 12.4. The number of halogens is 1. The van der Waals surface area contributed by atoms with Crippen LogP contribution in [0.1, 0.15) is 28.8 Å². The fourth-order valence-electron chi connectivity index (χ4n) is 2.37. The highest BCUT2D eigenvalue weighted by atomic mass is 35.5. The largest absolute Gasteiger partial charge is 0.495 e. The first-order chi connectivity index (χ1) is 8.63. The van der Waals surface area contributed by atoms with Gasteiger partial charge in [-0.15, -0.1) is 0 Å². The number of hydrogen-bond donors (Lipinski definition) is 1. The Morgan fingerprint density at radius 2 is 2.28 bits per heavy atom. The van der Waals surface area contributed by atoms with Gasteiger partial charge in [0.25, 0.3) is 0 Å². The number of piperidine rings is 1. The molecular formula is C14H18ClNO2. The Balaban J connectivity index is 2.27. The maximum absolute atomic E-state index is 12.4. The van der Waals surface area contributed by atoms with Gasteiger partial charge in [0.05, 0.1) is 12.1 Å². The summed E-state index contributed by atoms with van der Waals surface area (Å²) in [6.07, 6.45) is 2.01. The SMILES string of the molecule is COc1cc(C)c(C(=O)C2CCCNC2)cc1Cl. The average molecular weight is 268 g/mol. The predicted octanol–water partition coefficient (Wildman–Crippen LogP) is 2.84. The number of ether oxygens (including phenoxy) is 1. The van der Waals surface area contributed by atoms with Crippen LogP contribution < -0.4 is 10.1 Å². The molecule has 0 aromatic heterocycles. The highest BCUT2D eigenvalue weighted by molar-refractivity contribution is 6.32. The van der Waals surface area contributed by atoms with Crippen molar-refractivity contribution in [1.82, 2.24) is 5.32 Å². The van der Waals surface area contributed by atoms with Gasteiger partial charge in [0.1, 0.15) is 5.75 Å². The van der Waals surface area contributed by atoms with E-state index in [0.717, 1.165) is 37.1 Å². The van der Waals surface area contributed by atoms with E-state index in [1.165, 1.54) is 0 Å². The van der Waals surface area contributed by atoms with Crippen molar-refractivity contribution in [3.8, 4) is 5.75 Å². The molecule has 0 aliphatic carbocycles. The standard InChI is InChI=1S/C14H18ClNO2/c1-9-6-13(18-2)12(15)7-11(9)14(17)10-4-3-5-16-8-10/h6-7,10,16H,3-5,8H2,1-2H3. The number of Topliss-reactive ketones (excluding diaryl/α,β-unsaturated/α-hetero) is 1. The fourth-order valence-corrected chi connectivity index (χ4v) is 2.61. The molecule has 0 amide bonds. The van der Waals surface area contributed by atoms with Crippen LogP contribution in [0.2, 0.25) is 5.02 Å². The average Bonchev–Trinajstić information content (AvgIpc) is 2.41. The molecule has 1 saturated heterocycles. The van der Waals surface area contributed by atoms with Gasteiger partial charge in [-0.2, -0.15) is 0 Å². The van der Waals surface area contributed by atoms with E-state index >= 15 is 0 Å². The van der Waals surface area contributed by atoms with Crippen molar-refractivity contribution in [2.45, 2.75) is 19.8 Å². The van der Waals surface area contributed by atoms with E-state index in [2.05, 4.69) is 5.32 Å². The van der Waals surface area contributed by atoms with E-state index < -0.39 is 0 Å². The van der Waals surface area contributed by atoms with E-state index in [1.807, 2.05) is 13.0 Å². The van der Waals surface area contributed by atoms with Crippen LogP contribution in [0.4, 0.5) is 0 Å². The van der Waals surface area contributed by atoms with Crippen molar-refractivity contribution in [2.24, 2.45) is 5.92 Å². The van der Waals surface area contributed by atoms with E-state index in [-0.39, 0.29) is 11.7 Å². The molecule has 18 heavy (non-hydrogen) atoms. The van der Waals surface area contributed by atoms with Gasteiger partial charge >= 0.3 is 0 Å². The Bertz CT molecular complexity index is 453. The molecule has 98 valence electrons. The van der Waals surface area contributed by atoms with Crippen molar-refractivity contribution < 1.29 is 9.53 Å². The van der Waals surface area contributed by atoms with Gasteiger partial charge in [0.15, 0.2) is 5.78 Å². The summed E-state index contributed by atoms with van der Waals surface area (Å²) >= 11 is 6.09. The number of benzene rings is 1. The van der Waals surface area contributed by atoms with Crippen LogP contribution in [-0.4, -0.2) is 26.0 Å². The van der Waals surface area contributed by atoms with Crippen molar-refractivity contribution in [3.63, 3.8) is 0 Å². The molecule has 1 atom stereocenters. The van der Waals surface area contributed by atoms with Gasteiger partial charge in [0.2, 0.25) is 0 Å². The third-order valence-electron chi connectivity index (χ3n) is 3.43. The fraction of sp³-hybridized carbons (Fsp3) is 0.500. The second-order valence-corrected chi connectivity index (χ2v) is 5.12. The zero-order chi connectivity index (χ0) is 13.1. The van der Waals surface area contributed by atoms with Gasteiger partial charge in [-0.25, -0.2) is 0 Å². The van der Waals surface area contributed by atoms with Gasteiger partial charge in [-0.05, 0) is 44.0 Å². The zero-order valence-electron chi connectivity index (χ0n) is 10.8. The van der Waals surface area contributed by atoms with Crippen LogP contribution in [0, 0.1) is 12.8 Å². The summed E-state index contributed by atoms with van der Waals surface area (Å²) in [5, 5.41) is 3.76. The van der Waals surface area contributed by atoms with Gasteiger partial charge < -0.3 is 10.1 Å². The molecule has 0 saturated carbocycles. The number of aryl methyl sites for hydroxylation is 1. The van der Waals surface area contributed by atoms with Crippen LogP contribution in [0.15, 0.2) is 12.1 Å². The molecule has 4 heteroatoms. The Kier molecular flexibility index (Phi) is 4.25. The summed E-state index contributed by atoms with van der Waals surface area (Å²) in [5.74, 6) is 0.874. The molecule has 1 fully saturated rings. The summed E-state index contributed by atoms with van der Waals surface area (Å²) in [5.41, 5.74) is 1.64. The summed E-state index contributed by atoms with van der Waals surface area (Å²) < 4.78 is 5.15. The van der Waals surface area contributed by atoms with Crippen LogP contribution in [0.3, 0.4) is 0 Å². The molecule has 3 nitrogen and oxygen atoms in total. The van der Waals surface area contributed by atoms with E-state index in [0.29, 0.717) is 10.8 Å². The quantitative estimate of drug-likeness (QED) is 0.856. The molecule has 1 N–H and O–H groups in total. The molecule has 1 unspecified atom stereocenters. The summed E-state index contributed by atoms with van der Waals surface area (Å²) in [4.78, 5) is 12.4.